The summed E-state index contributed by atoms with van der Waals surface area (Å²) in [5.74, 6) is 0.0443. The quantitative estimate of drug-likeness (QED) is 0.831. The Morgan fingerprint density at radius 1 is 0.923 bits per heavy atom. The minimum absolute atomic E-state index is 0.0443. The van der Waals surface area contributed by atoms with Gasteiger partial charge in [0.05, 0.1) is 13.2 Å². The lowest BCUT2D eigenvalue weighted by Crippen LogP contribution is -2.49. The molecule has 1 saturated heterocycles. The molecule has 0 atom stereocenters. The van der Waals surface area contributed by atoms with Crippen molar-refractivity contribution in [2.24, 2.45) is 0 Å². The Balaban J connectivity index is 1.45. The highest BCUT2D eigenvalue weighted by atomic mass is 16.5. The number of carbonyl (C=O) groups excluding carboxylic acids is 1. The lowest BCUT2D eigenvalue weighted by Gasteiger charge is -2.34. The molecule has 1 fully saturated rings. The van der Waals surface area contributed by atoms with Crippen LogP contribution in [-0.2, 0) is 9.53 Å². The predicted octanol–water partition coefficient (Wildman–Crippen LogP) is 2.56. The van der Waals surface area contributed by atoms with Gasteiger partial charge in [-0.15, -0.1) is 0 Å². The van der Waals surface area contributed by atoms with Gasteiger partial charge >= 0.3 is 0 Å². The molecule has 1 amide bonds. The van der Waals surface area contributed by atoms with Crippen molar-refractivity contribution in [3.63, 3.8) is 0 Å². The molecule has 2 aromatic carbocycles. The van der Waals surface area contributed by atoms with Gasteiger partial charge in [0.25, 0.3) is 0 Å². The van der Waals surface area contributed by atoms with Crippen molar-refractivity contribution in [1.82, 2.24) is 9.80 Å². The van der Waals surface area contributed by atoms with Crippen molar-refractivity contribution in [3.05, 3.63) is 54.6 Å². The number of piperazine rings is 1. The summed E-state index contributed by atoms with van der Waals surface area (Å²) in [5, 5.41) is 3.00. The molecule has 1 aliphatic rings. The summed E-state index contributed by atoms with van der Waals surface area (Å²) in [4.78, 5) is 16.9. The average Bonchev–Trinajstić information content (AvgIpc) is 2.69. The van der Waals surface area contributed by atoms with Gasteiger partial charge in [0.15, 0.2) is 0 Å². The molecule has 0 bridgehead atoms. The van der Waals surface area contributed by atoms with Gasteiger partial charge in [-0.25, -0.2) is 0 Å². The highest BCUT2D eigenvalue weighted by Gasteiger charge is 2.18. The summed E-state index contributed by atoms with van der Waals surface area (Å²) in [6, 6.07) is 18.2. The summed E-state index contributed by atoms with van der Waals surface area (Å²) in [7, 11) is 1.73. The van der Waals surface area contributed by atoms with Crippen LogP contribution in [0.25, 0.3) is 11.1 Å². The van der Waals surface area contributed by atoms with E-state index in [1.165, 1.54) is 5.56 Å². The summed E-state index contributed by atoms with van der Waals surface area (Å²) in [5.41, 5.74) is 3.17. The summed E-state index contributed by atoms with van der Waals surface area (Å²) in [6.07, 6.45) is 0. The van der Waals surface area contributed by atoms with Crippen molar-refractivity contribution in [3.8, 4) is 11.1 Å². The molecule has 5 heteroatoms. The number of hydrogen-bond donors (Lipinski definition) is 1. The minimum Gasteiger partial charge on any atom is -0.383 e. The third-order valence-electron chi connectivity index (χ3n) is 4.72. The molecule has 138 valence electrons. The fourth-order valence-corrected chi connectivity index (χ4v) is 3.17. The van der Waals surface area contributed by atoms with E-state index in [-0.39, 0.29) is 5.91 Å². The molecule has 3 rings (SSSR count). The van der Waals surface area contributed by atoms with Crippen molar-refractivity contribution in [2.45, 2.75) is 0 Å². The lowest BCUT2D eigenvalue weighted by molar-refractivity contribution is -0.117. The Bertz CT molecular complexity index is 680. The third kappa shape index (κ3) is 5.39. The Morgan fingerprint density at radius 2 is 1.54 bits per heavy atom. The molecule has 1 heterocycles. The normalized spacial score (nSPS) is 15.7. The van der Waals surface area contributed by atoms with E-state index in [2.05, 4.69) is 27.2 Å². The lowest BCUT2D eigenvalue weighted by atomic mass is 10.1. The van der Waals surface area contributed by atoms with Gasteiger partial charge in [0.2, 0.25) is 5.91 Å². The zero-order valence-electron chi connectivity index (χ0n) is 15.4. The smallest absolute Gasteiger partial charge is 0.238 e. The number of methoxy groups -OCH3 is 1. The number of anilines is 1. The summed E-state index contributed by atoms with van der Waals surface area (Å²) < 4.78 is 5.12. The Morgan fingerprint density at radius 3 is 2.19 bits per heavy atom. The van der Waals surface area contributed by atoms with Gasteiger partial charge in [-0.3, -0.25) is 14.6 Å². The first-order chi connectivity index (χ1) is 12.7. The van der Waals surface area contributed by atoms with Crippen molar-refractivity contribution < 1.29 is 9.53 Å². The van der Waals surface area contributed by atoms with E-state index in [0.717, 1.165) is 50.6 Å². The number of nitrogens with one attached hydrogen (secondary N) is 1. The SMILES string of the molecule is COCCN1CCN(CC(=O)Nc2ccc(-c3ccccc3)cc2)CC1. The molecule has 0 saturated carbocycles. The van der Waals surface area contributed by atoms with Gasteiger partial charge in [-0.2, -0.15) is 0 Å². The van der Waals surface area contributed by atoms with Crippen LogP contribution < -0.4 is 5.32 Å². The number of nitrogens with zero attached hydrogens (tertiary/aromatic N) is 2. The van der Waals surface area contributed by atoms with Crippen LogP contribution in [0.3, 0.4) is 0 Å². The molecular formula is C21H27N3O2. The summed E-state index contributed by atoms with van der Waals surface area (Å²) >= 11 is 0. The van der Waals surface area contributed by atoms with Crippen LogP contribution in [-0.4, -0.2) is 68.7 Å². The van der Waals surface area contributed by atoms with Crippen LogP contribution in [0, 0.1) is 0 Å². The van der Waals surface area contributed by atoms with Crippen LogP contribution in [0.2, 0.25) is 0 Å². The molecule has 0 spiro atoms. The maximum Gasteiger partial charge on any atom is 0.238 e. The van der Waals surface area contributed by atoms with E-state index < -0.39 is 0 Å². The largest absolute Gasteiger partial charge is 0.383 e. The molecular weight excluding hydrogens is 326 g/mol. The van der Waals surface area contributed by atoms with Crippen molar-refractivity contribution in [1.29, 1.82) is 0 Å². The number of amides is 1. The maximum absolute atomic E-state index is 12.3. The molecule has 0 unspecified atom stereocenters. The van der Waals surface area contributed by atoms with Gasteiger partial charge in [0.1, 0.15) is 0 Å². The zero-order chi connectivity index (χ0) is 18.2. The molecule has 0 aromatic heterocycles. The van der Waals surface area contributed by atoms with E-state index in [4.69, 9.17) is 4.74 Å². The predicted molar refractivity (Wildman–Crippen MR) is 105 cm³/mol. The van der Waals surface area contributed by atoms with Gasteiger partial charge in [-0.05, 0) is 23.3 Å². The van der Waals surface area contributed by atoms with E-state index in [1.807, 2.05) is 42.5 Å². The van der Waals surface area contributed by atoms with Crippen LogP contribution in [0.5, 0.6) is 0 Å². The first-order valence-corrected chi connectivity index (χ1v) is 9.13. The molecule has 5 nitrogen and oxygen atoms in total. The second-order valence-corrected chi connectivity index (χ2v) is 6.60. The first kappa shape index (κ1) is 18.6. The molecule has 1 aliphatic heterocycles. The number of rotatable bonds is 7. The second-order valence-electron chi connectivity index (χ2n) is 6.60. The fourth-order valence-electron chi connectivity index (χ4n) is 3.17. The van der Waals surface area contributed by atoms with Gasteiger partial charge in [0, 0.05) is 45.5 Å². The average molecular weight is 353 g/mol. The number of benzene rings is 2. The number of ether oxygens (including phenoxy) is 1. The number of carbonyl (C=O) groups is 1. The van der Waals surface area contributed by atoms with E-state index in [9.17, 15) is 4.79 Å². The first-order valence-electron chi connectivity index (χ1n) is 9.13. The van der Waals surface area contributed by atoms with Crippen LogP contribution >= 0.6 is 0 Å². The highest BCUT2D eigenvalue weighted by Crippen LogP contribution is 2.21. The Labute approximate surface area is 155 Å². The van der Waals surface area contributed by atoms with E-state index in [1.54, 1.807) is 7.11 Å². The summed E-state index contributed by atoms with van der Waals surface area (Å²) in [6.45, 7) is 5.99. The number of hydrogen-bond acceptors (Lipinski definition) is 4. The molecule has 0 radical (unpaired) electrons. The van der Waals surface area contributed by atoms with Gasteiger partial charge < -0.3 is 10.1 Å². The Hall–Kier alpha value is -2.21. The topological polar surface area (TPSA) is 44.8 Å². The molecule has 0 aliphatic carbocycles. The minimum atomic E-state index is 0.0443. The highest BCUT2D eigenvalue weighted by molar-refractivity contribution is 5.92. The standard InChI is InChI=1S/C21H27N3O2/c1-26-16-15-23-11-13-24(14-12-23)17-21(25)22-20-9-7-19(8-10-20)18-5-3-2-4-6-18/h2-10H,11-17H2,1H3,(H,22,25). The monoisotopic (exact) mass is 353 g/mol. The molecule has 26 heavy (non-hydrogen) atoms. The Kier molecular flexibility index (Phi) is 6.77. The maximum atomic E-state index is 12.3. The van der Waals surface area contributed by atoms with Crippen LogP contribution in [0.1, 0.15) is 0 Å². The van der Waals surface area contributed by atoms with E-state index >= 15 is 0 Å². The third-order valence-corrected chi connectivity index (χ3v) is 4.72. The second kappa shape index (κ2) is 9.48. The molecule has 1 N–H and O–H groups in total. The van der Waals surface area contributed by atoms with Gasteiger partial charge in [-0.1, -0.05) is 42.5 Å². The van der Waals surface area contributed by atoms with E-state index in [0.29, 0.717) is 6.54 Å². The fraction of sp³-hybridized carbons (Fsp3) is 0.381. The van der Waals surface area contributed by atoms with Crippen LogP contribution in [0.4, 0.5) is 5.69 Å². The molecule has 2 aromatic rings. The van der Waals surface area contributed by atoms with Crippen molar-refractivity contribution >= 4 is 11.6 Å². The van der Waals surface area contributed by atoms with Crippen LogP contribution in [0.15, 0.2) is 54.6 Å². The van der Waals surface area contributed by atoms with Crippen molar-refractivity contribution in [2.75, 3.05) is 58.3 Å². The zero-order valence-corrected chi connectivity index (χ0v) is 15.4.